The number of halogens is 1. The molecule has 1 amide bonds. The van der Waals surface area contributed by atoms with Gasteiger partial charge >= 0.3 is 0 Å². The first-order valence-electron chi connectivity index (χ1n) is 8.99. The third kappa shape index (κ3) is 4.44. The van der Waals surface area contributed by atoms with Gasteiger partial charge in [-0.15, -0.1) is 0 Å². The van der Waals surface area contributed by atoms with Crippen LogP contribution in [-0.2, 0) is 4.79 Å². The Morgan fingerprint density at radius 3 is 2.60 bits per heavy atom. The molecular formula is C19H25FN4O. The second kappa shape index (κ2) is 7.76. The van der Waals surface area contributed by atoms with E-state index in [0.29, 0.717) is 18.2 Å². The van der Waals surface area contributed by atoms with Gasteiger partial charge in [-0.3, -0.25) is 9.89 Å². The molecule has 0 spiro atoms. The van der Waals surface area contributed by atoms with Gasteiger partial charge in [0, 0.05) is 31.0 Å². The van der Waals surface area contributed by atoms with Gasteiger partial charge in [0.2, 0.25) is 5.91 Å². The summed E-state index contributed by atoms with van der Waals surface area (Å²) in [4.78, 5) is 18.8. The van der Waals surface area contributed by atoms with Crippen LogP contribution in [0.15, 0.2) is 24.3 Å². The van der Waals surface area contributed by atoms with Crippen LogP contribution in [0.2, 0.25) is 0 Å². The molecule has 1 N–H and O–H groups in total. The number of hydrogen-bond acceptors (Lipinski definition) is 3. The van der Waals surface area contributed by atoms with Gasteiger partial charge in [0.05, 0.1) is 0 Å². The Morgan fingerprint density at radius 1 is 1.28 bits per heavy atom. The Morgan fingerprint density at radius 2 is 1.96 bits per heavy atom. The van der Waals surface area contributed by atoms with Crippen molar-refractivity contribution in [2.45, 2.75) is 45.4 Å². The molecule has 6 heteroatoms. The molecule has 1 aliphatic rings. The Balaban J connectivity index is 1.56. The lowest BCUT2D eigenvalue weighted by molar-refractivity contribution is -0.132. The van der Waals surface area contributed by atoms with E-state index in [9.17, 15) is 9.18 Å². The third-order valence-electron chi connectivity index (χ3n) is 4.78. The zero-order valence-corrected chi connectivity index (χ0v) is 14.8. The van der Waals surface area contributed by atoms with E-state index >= 15 is 0 Å². The Kier molecular flexibility index (Phi) is 5.46. The summed E-state index contributed by atoms with van der Waals surface area (Å²) < 4.78 is 13.0. The fraction of sp³-hybridized carbons (Fsp3) is 0.526. The van der Waals surface area contributed by atoms with Crippen molar-refractivity contribution in [3.8, 4) is 11.4 Å². The molecule has 3 rings (SSSR count). The smallest absolute Gasteiger partial charge is 0.222 e. The topological polar surface area (TPSA) is 61.9 Å². The molecule has 5 nitrogen and oxygen atoms in total. The average molecular weight is 344 g/mol. The fourth-order valence-corrected chi connectivity index (χ4v) is 3.16. The molecule has 1 saturated heterocycles. The number of aromatic amines is 1. The third-order valence-corrected chi connectivity index (χ3v) is 4.78. The molecule has 25 heavy (non-hydrogen) atoms. The Bertz CT molecular complexity index is 702. The molecular weight excluding hydrogens is 319 g/mol. The van der Waals surface area contributed by atoms with E-state index in [-0.39, 0.29) is 17.6 Å². The minimum atomic E-state index is -0.269. The molecule has 1 aromatic carbocycles. The van der Waals surface area contributed by atoms with Gasteiger partial charge < -0.3 is 4.90 Å². The highest BCUT2D eigenvalue weighted by atomic mass is 19.1. The number of benzene rings is 1. The molecule has 0 radical (unpaired) electrons. The number of nitrogens with one attached hydrogen (secondary N) is 1. The zero-order valence-electron chi connectivity index (χ0n) is 14.8. The second-order valence-corrected chi connectivity index (χ2v) is 7.14. The predicted molar refractivity (Wildman–Crippen MR) is 94.4 cm³/mol. The van der Waals surface area contributed by atoms with E-state index in [1.807, 2.05) is 4.90 Å². The van der Waals surface area contributed by atoms with Crippen molar-refractivity contribution in [2.24, 2.45) is 5.92 Å². The highest BCUT2D eigenvalue weighted by Crippen LogP contribution is 2.27. The number of carbonyl (C=O) groups is 1. The largest absolute Gasteiger partial charge is 0.343 e. The van der Waals surface area contributed by atoms with E-state index in [0.717, 1.165) is 43.7 Å². The monoisotopic (exact) mass is 344 g/mol. The van der Waals surface area contributed by atoms with Gasteiger partial charge in [-0.05, 0) is 49.4 Å². The molecule has 1 fully saturated rings. The van der Waals surface area contributed by atoms with Gasteiger partial charge in [0.15, 0.2) is 5.82 Å². The zero-order chi connectivity index (χ0) is 17.8. The molecule has 0 unspecified atom stereocenters. The summed E-state index contributed by atoms with van der Waals surface area (Å²) in [5.41, 5.74) is 0.796. The maximum Gasteiger partial charge on any atom is 0.222 e. The highest BCUT2D eigenvalue weighted by Gasteiger charge is 2.26. The van der Waals surface area contributed by atoms with Crippen LogP contribution in [-0.4, -0.2) is 39.1 Å². The number of hydrogen-bond donors (Lipinski definition) is 1. The number of likely N-dealkylation sites (tertiary alicyclic amines) is 1. The van der Waals surface area contributed by atoms with E-state index in [4.69, 9.17) is 0 Å². The van der Waals surface area contributed by atoms with Gasteiger partial charge in [-0.1, -0.05) is 13.8 Å². The average Bonchev–Trinajstić information content (AvgIpc) is 3.10. The quantitative estimate of drug-likeness (QED) is 0.898. The molecule has 0 aliphatic carbocycles. The molecule has 0 saturated carbocycles. The summed E-state index contributed by atoms with van der Waals surface area (Å²) in [6.07, 6.45) is 3.37. The van der Waals surface area contributed by atoms with Crippen LogP contribution in [0.3, 0.4) is 0 Å². The highest BCUT2D eigenvalue weighted by molar-refractivity contribution is 5.76. The summed E-state index contributed by atoms with van der Waals surface area (Å²) >= 11 is 0. The van der Waals surface area contributed by atoms with Crippen molar-refractivity contribution in [1.82, 2.24) is 20.1 Å². The lowest BCUT2D eigenvalue weighted by Gasteiger charge is -2.31. The van der Waals surface area contributed by atoms with Crippen molar-refractivity contribution in [3.05, 3.63) is 35.9 Å². The standard InChI is InChI=1S/C19H25FN4O/c1-13(2)3-8-17(25)24-11-9-15(10-12-24)19-21-18(22-23-19)14-4-6-16(20)7-5-14/h4-7,13,15H,3,8-12H2,1-2H3,(H,21,22,23). The first-order chi connectivity index (χ1) is 12.0. The summed E-state index contributed by atoms with van der Waals surface area (Å²) in [5, 5.41) is 7.27. The predicted octanol–water partition coefficient (Wildman–Crippen LogP) is 3.75. The van der Waals surface area contributed by atoms with E-state index in [1.54, 1.807) is 12.1 Å². The van der Waals surface area contributed by atoms with Gasteiger partial charge in [0.1, 0.15) is 11.6 Å². The van der Waals surface area contributed by atoms with E-state index in [1.165, 1.54) is 12.1 Å². The number of nitrogens with zero attached hydrogens (tertiary/aromatic N) is 3. The van der Waals surface area contributed by atoms with Crippen molar-refractivity contribution < 1.29 is 9.18 Å². The number of rotatable bonds is 5. The minimum Gasteiger partial charge on any atom is -0.343 e. The van der Waals surface area contributed by atoms with Crippen LogP contribution < -0.4 is 0 Å². The van der Waals surface area contributed by atoms with Crippen molar-refractivity contribution in [1.29, 1.82) is 0 Å². The fourth-order valence-electron chi connectivity index (χ4n) is 3.16. The molecule has 134 valence electrons. The summed E-state index contributed by atoms with van der Waals surface area (Å²) in [7, 11) is 0. The van der Waals surface area contributed by atoms with Gasteiger partial charge in [0.25, 0.3) is 0 Å². The number of piperidine rings is 1. The summed E-state index contributed by atoms with van der Waals surface area (Å²) in [6.45, 7) is 5.83. The van der Waals surface area contributed by atoms with Gasteiger partial charge in [-0.25, -0.2) is 9.37 Å². The van der Waals surface area contributed by atoms with Crippen LogP contribution in [0.1, 0.15) is 51.3 Å². The summed E-state index contributed by atoms with van der Waals surface area (Å²) in [5.74, 6) is 2.28. The SMILES string of the molecule is CC(C)CCC(=O)N1CCC(c2nc(-c3ccc(F)cc3)n[nH]2)CC1. The first kappa shape index (κ1) is 17.6. The number of H-pyrrole nitrogens is 1. The van der Waals surface area contributed by atoms with Crippen molar-refractivity contribution in [2.75, 3.05) is 13.1 Å². The number of carbonyl (C=O) groups excluding carboxylic acids is 1. The second-order valence-electron chi connectivity index (χ2n) is 7.14. The number of amides is 1. The first-order valence-corrected chi connectivity index (χ1v) is 8.99. The molecule has 1 aliphatic heterocycles. The van der Waals surface area contributed by atoms with E-state index in [2.05, 4.69) is 29.0 Å². The van der Waals surface area contributed by atoms with Crippen molar-refractivity contribution in [3.63, 3.8) is 0 Å². The lowest BCUT2D eigenvalue weighted by Crippen LogP contribution is -2.38. The molecule has 1 aromatic heterocycles. The van der Waals surface area contributed by atoms with Crippen LogP contribution in [0.5, 0.6) is 0 Å². The minimum absolute atomic E-state index is 0.261. The Hall–Kier alpha value is -2.24. The molecule has 2 heterocycles. The molecule has 2 aromatic rings. The number of aromatic nitrogens is 3. The Labute approximate surface area is 147 Å². The molecule has 0 atom stereocenters. The van der Waals surface area contributed by atoms with Crippen LogP contribution in [0, 0.1) is 11.7 Å². The van der Waals surface area contributed by atoms with Crippen LogP contribution in [0.4, 0.5) is 4.39 Å². The molecule has 0 bridgehead atoms. The summed E-state index contributed by atoms with van der Waals surface area (Å²) in [6, 6.07) is 6.18. The maximum atomic E-state index is 13.0. The van der Waals surface area contributed by atoms with Crippen LogP contribution in [0.25, 0.3) is 11.4 Å². The van der Waals surface area contributed by atoms with Crippen LogP contribution >= 0.6 is 0 Å². The van der Waals surface area contributed by atoms with Gasteiger partial charge in [-0.2, -0.15) is 5.10 Å². The maximum absolute atomic E-state index is 13.0. The van der Waals surface area contributed by atoms with Crippen molar-refractivity contribution >= 4 is 5.91 Å². The van der Waals surface area contributed by atoms with E-state index < -0.39 is 0 Å². The lowest BCUT2D eigenvalue weighted by atomic mass is 9.95. The normalized spacial score (nSPS) is 15.8.